The van der Waals surface area contributed by atoms with Crippen LogP contribution < -0.4 is 9.64 Å². The van der Waals surface area contributed by atoms with Gasteiger partial charge >= 0.3 is 6.36 Å². The van der Waals surface area contributed by atoms with Gasteiger partial charge in [0.1, 0.15) is 17.3 Å². The number of anilines is 1. The number of aliphatic hydroxyl groups excluding tert-OH is 1. The highest BCUT2D eigenvalue weighted by Gasteiger charge is 2.47. The summed E-state index contributed by atoms with van der Waals surface area (Å²) >= 11 is 0. The van der Waals surface area contributed by atoms with E-state index in [4.69, 9.17) is 0 Å². The SMILES string of the molecule is Cc1cc(/C(O)=C2\C(=O)C(=O)N(c3cccc(OC(F)(F)F)c3)C2c2cccnc2)ccc1F. The van der Waals surface area contributed by atoms with Crippen LogP contribution in [-0.4, -0.2) is 28.1 Å². The molecule has 0 radical (unpaired) electrons. The van der Waals surface area contributed by atoms with Crippen LogP contribution in [0.4, 0.5) is 23.2 Å². The molecule has 1 N–H and O–H groups in total. The zero-order valence-corrected chi connectivity index (χ0v) is 17.5. The fraction of sp³-hybridized carbons (Fsp3) is 0.125. The summed E-state index contributed by atoms with van der Waals surface area (Å²) in [5.74, 6) is -3.80. The molecule has 0 bridgehead atoms. The summed E-state index contributed by atoms with van der Waals surface area (Å²) in [6, 6.07) is 10.1. The van der Waals surface area contributed by atoms with E-state index in [0.717, 1.165) is 23.1 Å². The van der Waals surface area contributed by atoms with E-state index < -0.39 is 41.4 Å². The van der Waals surface area contributed by atoms with Crippen LogP contribution in [0.2, 0.25) is 0 Å². The molecule has 1 amide bonds. The minimum Gasteiger partial charge on any atom is -0.507 e. The van der Waals surface area contributed by atoms with Crippen molar-refractivity contribution in [3.05, 3.63) is 95.1 Å². The fourth-order valence-electron chi connectivity index (χ4n) is 3.73. The first-order valence-corrected chi connectivity index (χ1v) is 9.90. The number of carbonyl (C=O) groups excluding carboxylic acids is 2. The Bertz CT molecular complexity index is 1310. The molecule has 6 nitrogen and oxygen atoms in total. The number of aromatic nitrogens is 1. The average molecular weight is 472 g/mol. The Labute approximate surface area is 190 Å². The highest BCUT2D eigenvalue weighted by molar-refractivity contribution is 6.51. The summed E-state index contributed by atoms with van der Waals surface area (Å²) < 4.78 is 55.8. The van der Waals surface area contributed by atoms with Crippen LogP contribution in [0.15, 0.2) is 72.6 Å². The number of ketones is 1. The Morgan fingerprint density at radius 2 is 1.85 bits per heavy atom. The topological polar surface area (TPSA) is 79.7 Å². The van der Waals surface area contributed by atoms with Crippen LogP contribution in [0.1, 0.15) is 22.7 Å². The number of nitrogens with zero attached hydrogens (tertiary/aromatic N) is 2. The minimum atomic E-state index is -4.96. The number of hydrogen-bond acceptors (Lipinski definition) is 5. The first kappa shape index (κ1) is 23.0. The van der Waals surface area contributed by atoms with E-state index in [-0.39, 0.29) is 22.4 Å². The van der Waals surface area contributed by atoms with E-state index in [1.165, 1.54) is 43.6 Å². The Morgan fingerprint density at radius 1 is 1.09 bits per heavy atom. The number of ether oxygens (including phenoxy) is 1. The number of hydrogen-bond donors (Lipinski definition) is 1. The van der Waals surface area contributed by atoms with Crippen molar-refractivity contribution < 1.29 is 37.0 Å². The first-order chi connectivity index (χ1) is 16.1. The molecule has 1 fully saturated rings. The number of aliphatic hydroxyl groups is 1. The van der Waals surface area contributed by atoms with Crippen LogP contribution in [0.3, 0.4) is 0 Å². The number of benzene rings is 2. The molecule has 0 aliphatic carbocycles. The van der Waals surface area contributed by atoms with Gasteiger partial charge in [-0.05, 0) is 54.4 Å². The van der Waals surface area contributed by atoms with E-state index in [0.29, 0.717) is 5.56 Å². The molecule has 1 aliphatic rings. The van der Waals surface area contributed by atoms with Crippen LogP contribution in [0, 0.1) is 12.7 Å². The van der Waals surface area contributed by atoms with Crippen molar-refractivity contribution in [3.8, 4) is 5.75 Å². The number of alkyl halides is 3. The van der Waals surface area contributed by atoms with Gasteiger partial charge in [-0.3, -0.25) is 19.5 Å². The predicted octanol–water partition coefficient (Wildman–Crippen LogP) is 5.05. The van der Waals surface area contributed by atoms with Gasteiger partial charge in [-0.2, -0.15) is 0 Å². The lowest BCUT2D eigenvalue weighted by atomic mass is 9.95. The number of amides is 1. The maximum atomic E-state index is 13.7. The smallest absolute Gasteiger partial charge is 0.507 e. The molecule has 0 spiro atoms. The molecule has 0 saturated carbocycles. The van der Waals surface area contributed by atoms with E-state index in [9.17, 15) is 32.3 Å². The summed E-state index contributed by atoms with van der Waals surface area (Å²) in [6.07, 6.45) is -2.14. The molecular formula is C24H16F4N2O4. The standard InChI is InChI=1S/C24H16F4N2O4/c1-13-10-14(7-8-18(13)25)21(31)19-20(15-4-3-9-29-12-15)30(23(33)22(19)32)16-5-2-6-17(11-16)34-24(26,27)28/h2-12,20,31H,1H3/b21-19+. The summed E-state index contributed by atoms with van der Waals surface area (Å²) in [7, 11) is 0. The lowest BCUT2D eigenvalue weighted by Gasteiger charge is -2.25. The number of Topliss-reactive ketones (excluding diaryl/α,β-unsaturated/α-hetero) is 1. The number of halogens is 4. The highest BCUT2D eigenvalue weighted by atomic mass is 19.4. The molecular weight excluding hydrogens is 456 g/mol. The molecule has 1 saturated heterocycles. The largest absolute Gasteiger partial charge is 0.573 e. The van der Waals surface area contributed by atoms with Crippen molar-refractivity contribution in [2.24, 2.45) is 0 Å². The lowest BCUT2D eigenvalue weighted by molar-refractivity contribution is -0.274. The van der Waals surface area contributed by atoms with Crippen molar-refractivity contribution >= 4 is 23.1 Å². The highest BCUT2D eigenvalue weighted by Crippen LogP contribution is 2.43. The van der Waals surface area contributed by atoms with Gasteiger partial charge in [0.15, 0.2) is 0 Å². The Hall–Kier alpha value is -4.21. The summed E-state index contributed by atoms with van der Waals surface area (Å²) in [5.41, 5.74) is 0.246. The molecule has 1 aromatic heterocycles. The molecule has 1 aliphatic heterocycles. The molecule has 174 valence electrons. The van der Waals surface area contributed by atoms with Gasteiger partial charge in [-0.25, -0.2) is 4.39 Å². The summed E-state index contributed by atoms with van der Waals surface area (Å²) in [6.45, 7) is 1.47. The second kappa shape index (κ2) is 8.62. The van der Waals surface area contributed by atoms with Gasteiger partial charge in [0, 0.05) is 29.7 Å². The van der Waals surface area contributed by atoms with Crippen molar-refractivity contribution in [1.29, 1.82) is 0 Å². The molecule has 10 heteroatoms. The zero-order chi connectivity index (χ0) is 24.6. The monoisotopic (exact) mass is 472 g/mol. The third-order valence-corrected chi connectivity index (χ3v) is 5.21. The van der Waals surface area contributed by atoms with Crippen LogP contribution in [0.25, 0.3) is 5.76 Å². The molecule has 3 aromatic rings. The quantitative estimate of drug-likeness (QED) is 0.249. The third-order valence-electron chi connectivity index (χ3n) is 5.21. The number of aryl methyl sites for hydroxylation is 1. The summed E-state index contributed by atoms with van der Waals surface area (Å²) in [4.78, 5) is 31.0. The lowest BCUT2D eigenvalue weighted by Crippen LogP contribution is -2.29. The van der Waals surface area contributed by atoms with Gasteiger partial charge in [0.2, 0.25) is 0 Å². The predicted molar refractivity (Wildman–Crippen MR) is 113 cm³/mol. The van der Waals surface area contributed by atoms with Gasteiger partial charge < -0.3 is 9.84 Å². The van der Waals surface area contributed by atoms with Gasteiger partial charge in [0.25, 0.3) is 11.7 Å². The van der Waals surface area contributed by atoms with Crippen LogP contribution in [-0.2, 0) is 9.59 Å². The van der Waals surface area contributed by atoms with E-state index in [1.54, 1.807) is 12.1 Å². The summed E-state index contributed by atoms with van der Waals surface area (Å²) in [5, 5.41) is 11.0. The second-order valence-corrected chi connectivity index (χ2v) is 7.46. The Morgan fingerprint density at radius 3 is 2.50 bits per heavy atom. The zero-order valence-electron chi connectivity index (χ0n) is 17.5. The van der Waals surface area contributed by atoms with E-state index in [1.807, 2.05) is 0 Å². The van der Waals surface area contributed by atoms with Crippen molar-refractivity contribution in [3.63, 3.8) is 0 Å². The minimum absolute atomic E-state index is 0.0629. The second-order valence-electron chi connectivity index (χ2n) is 7.46. The number of pyridine rings is 1. The maximum absolute atomic E-state index is 13.7. The molecule has 2 aromatic carbocycles. The van der Waals surface area contributed by atoms with Crippen molar-refractivity contribution in [2.45, 2.75) is 19.3 Å². The molecule has 34 heavy (non-hydrogen) atoms. The number of rotatable bonds is 4. The maximum Gasteiger partial charge on any atom is 0.573 e. The third kappa shape index (κ3) is 4.34. The molecule has 4 rings (SSSR count). The van der Waals surface area contributed by atoms with E-state index >= 15 is 0 Å². The Kier molecular flexibility index (Phi) is 5.82. The van der Waals surface area contributed by atoms with Crippen LogP contribution >= 0.6 is 0 Å². The van der Waals surface area contributed by atoms with Crippen molar-refractivity contribution in [1.82, 2.24) is 4.98 Å². The molecule has 2 heterocycles. The molecule has 1 unspecified atom stereocenters. The Balaban J connectivity index is 1.90. The van der Waals surface area contributed by atoms with Gasteiger partial charge in [0.05, 0.1) is 11.6 Å². The van der Waals surface area contributed by atoms with E-state index in [2.05, 4.69) is 9.72 Å². The first-order valence-electron chi connectivity index (χ1n) is 9.90. The normalized spacial score (nSPS) is 17.8. The van der Waals surface area contributed by atoms with Gasteiger partial charge in [-0.15, -0.1) is 13.2 Å². The van der Waals surface area contributed by atoms with Crippen LogP contribution in [0.5, 0.6) is 5.75 Å². The van der Waals surface area contributed by atoms with Gasteiger partial charge in [-0.1, -0.05) is 12.1 Å². The fourth-order valence-corrected chi connectivity index (χ4v) is 3.73. The van der Waals surface area contributed by atoms with Crippen molar-refractivity contribution in [2.75, 3.05) is 4.90 Å². The number of carbonyl (C=O) groups is 2. The molecule has 1 atom stereocenters. The average Bonchev–Trinajstić information content (AvgIpc) is 3.05.